The van der Waals surface area contributed by atoms with E-state index >= 15 is 0 Å². The van der Waals surface area contributed by atoms with Gasteiger partial charge in [-0.3, -0.25) is 9.59 Å². The molecule has 0 aliphatic carbocycles. The number of nitrogens with one attached hydrogen (secondary N) is 1. The lowest BCUT2D eigenvalue weighted by atomic mass is 9.92. The van der Waals surface area contributed by atoms with E-state index in [1.807, 2.05) is 0 Å². The molecule has 1 atom stereocenters. The summed E-state index contributed by atoms with van der Waals surface area (Å²) in [4.78, 5) is 34.0. The van der Waals surface area contributed by atoms with Gasteiger partial charge in [0.25, 0.3) is 0 Å². The highest BCUT2D eigenvalue weighted by Gasteiger charge is 2.33. The summed E-state index contributed by atoms with van der Waals surface area (Å²) in [7, 11) is 1.22. The second-order valence-electron chi connectivity index (χ2n) is 4.34. The van der Waals surface area contributed by atoms with E-state index in [-0.39, 0.29) is 12.8 Å². The number of rotatable bonds is 8. The standard InChI is InChI=1S/C12H22N2O5/c1-4-12(13,5-2)11(18)14-8(10(16)17)6-7-9(15)19-3/h8H,4-7,13H2,1-3H3,(H,14,18)(H,16,17)/t8-/m1/s1. The molecule has 0 saturated carbocycles. The smallest absolute Gasteiger partial charge is 0.326 e. The van der Waals surface area contributed by atoms with Crippen molar-refractivity contribution in [2.75, 3.05) is 7.11 Å². The molecule has 0 bridgehead atoms. The summed E-state index contributed by atoms with van der Waals surface area (Å²) in [5, 5.41) is 11.4. The van der Waals surface area contributed by atoms with Crippen LogP contribution in [0.5, 0.6) is 0 Å². The van der Waals surface area contributed by atoms with Crippen LogP contribution in [0, 0.1) is 0 Å². The van der Waals surface area contributed by atoms with Gasteiger partial charge in [0.1, 0.15) is 6.04 Å². The molecule has 0 spiro atoms. The van der Waals surface area contributed by atoms with E-state index in [4.69, 9.17) is 10.8 Å². The Labute approximate surface area is 112 Å². The molecule has 0 unspecified atom stereocenters. The van der Waals surface area contributed by atoms with Crippen LogP contribution in [0.15, 0.2) is 0 Å². The number of carboxylic acid groups (broad SMARTS) is 1. The third kappa shape index (κ3) is 5.25. The minimum Gasteiger partial charge on any atom is -0.480 e. The number of hydrogen-bond donors (Lipinski definition) is 3. The van der Waals surface area contributed by atoms with E-state index in [1.165, 1.54) is 7.11 Å². The van der Waals surface area contributed by atoms with Crippen LogP contribution in [-0.4, -0.2) is 41.6 Å². The highest BCUT2D eigenvalue weighted by molar-refractivity contribution is 5.90. The van der Waals surface area contributed by atoms with Gasteiger partial charge >= 0.3 is 11.9 Å². The van der Waals surface area contributed by atoms with E-state index in [0.29, 0.717) is 12.8 Å². The predicted molar refractivity (Wildman–Crippen MR) is 68.3 cm³/mol. The summed E-state index contributed by atoms with van der Waals surface area (Å²) in [5.41, 5.74) is 4.79. The van der Waals surface area contributed by atoms with E-state index in [0.717, 1.165) is 0 Å². The van der Waals surface area contributed by atoms with Crippen molar-refractivity contribution >= 4 is 17.8 Å². The average Bonchev–Trinajstić information content (AvgIpc) is 2.41. The molecule has 4 N–H and O–H groups in total. The second kappa shape index (κ2) is 7.73. The summed E-state index contributed by atoms with van der Waals surface area (Å²) in [6.07, 6.45) is 0.693. The molecule has 0 rings (SSSR count). The fourth-order valence-electron chi connectivity index (χ4n) is 1.49. The molecule has 0 saturated heterocycles. The fraction of sp³-hybridized carbons (Fsp3) is 0.750. The lowest BCUT2D eigenvalue weighted by Crippen LogP contribution is -2.56. The summed E-state index contributed by atoms with van der Waals surface area (Å²) >= 11 is 0. The second-order valence-corrected chi connectivity index (χ2v) is 4.34. The zero-order chi connectivity index (χ0) is 15.1. The molecule has 0 heterocycles. The topological polar surface area (TPSA) is 119 Å². The maximum Gasteiger partial charge on any atom is 0.326 e. The van der Waals surface area contributed by atoms with Crippen molar-refractivity contribution in [2.45, 2.75) is 51.1 Å². The fourth-order valence-corrected chi connectivity index (χ4v) is 1.49. The number of aliphatic carboxylic acids is 1. The molecular formula is C12H22N2O5. The summed E-state index contributed by atoms with van der Waals surface area (Å²) < 4.78 is 4.43. The van der Waals surface area contributed by atoms with Crippen molar-refractivity contribution in [3.8, 4) is 0 Å². The Kier molecular flexibility index (Phi) is 7.06. The van der Waals surface area contributed by atoms with Gasteiger partial charge < -0.3 is 20.9 Å². The first-order valence-electron chi connectivity index (χ1n) is 6.20. The van der Waals surface area contributed by atoms with Crippen LogP contribution in [0.4, 0.5) is 0 Å². The first kappa shape index (κ1) is 17.4. The van der Waals surface area contributed by atoms with Crippen LogP contribution in [0.2, 0.25) is 0 Å². The molecule has 0 fully saturated rings. The van der Waals surface area contributed by atoms with Crippen molar-refractivity contribution < 1.29 is 24.2 Å². The van der Waals surface area contributed by atoms with Gasteiger partial charge in [-0.1, -0.05) is 13.8 Å². The first-order valence-corrected chi connectivity index (χ1v) is 6.20. The summed E-state index contributed by atoms with van der Waals surface area (Å²) in [6.45, 7) is 3.51. The average molecular weight is 274 g/mol. The van der Waals surface area contributed by atoms with Gasteiger partial charge in [-0.05, 0) is 19.3 Å². The summed E-state index contributed by atoms with van der Waals surface area (Å²) in [6, 6.07) is -1.15. The predicted octanol–water partition coefficient (Wildman–Crippen LogP) is 0.0265. The van der Waals surface area contributed by atoms with Gasteiger partial charge in [-0.25, -0.2) is 4.79 Å². The van der Waals surface area contributed by atoms with Crippen LogP contribution < -0.4 is 11.1 Å². The molecule has 0 radical (unpaired) electrons. The molecular weight excluding hydrogens is 252 g/mol. The number of carbonyl (C=O) groups is 3. The molecule has 0 aliphatic heterocycles. The molecule has 0 aromatic heterocycles. The zero-order valence-corrected chi connectivity index (χ0v) is 11.6. The Morgan fingerprint density at radius 3 is 2.21 bits per heavy atom. The maximum absolute atomic E-state index is 11.9. The Bertz CT molecular complexity index is 339. The van der Waals surface area contributed by atoms with Crippen molar-refractivity contribution in [3.63, 3.8) is 0 Å². The van der Waals surface area contributed by atoms with Gasteiger partial charge in [-0.2, -0.15) is 0 Å². The number of nitrogens with two attached hydrogens (primary N) is 1. The van der Waals surface area contributed by atoms with Gasteiger partial charge in [0.15, 0.2) is 0 Å². The third-order valence-corrected chi connectivity index (χ3v) is 3.18. The van der Waals surface area contributed by atoms with Crippen LogP contribution in [-0.2, 0) is 19.1 Å². The van der Waals surface area contributed by atoms with Gasteiger partial charge in [0.05, 0.1) is 12.6 Å². The lowest BCUT2D eigenvalue weighted by Gasteiger charge is -2.27. The van der Waals surface area contributed by atoms with Crippen LogP contribution in [0.25, 0.3) is 0 Å². The van der Waals surface area contributed by atoms with Gasteiger partial charge in [0, 0.05) is 6.42 Å². The highest BCUT2D eigenvalue weighted by Crippen LogP contribution is 2.12. The Morgan fingerprint density at radius 2 is 1.84 bits per heavy atom. The van der Waals surface area contributed by atoms with Crippen LogP contribution >= 0.6 is 0 Å². The summed E-state index contributed by atoms with van der Waals surface area (Å²) in [5.74, 6) is -2.24. The Hall–Kier alpha value is -1.63. The number of ether oxygens (including phenoxy) is 1. The number of methoxy groups -OCH3 is 1. The Balaban J connectivity index is 4.63. The van der Waals surface area contributed by atoms with Crippen molar-refractivity contribution in [1.82, 2.24) is 5.32 Å². The SMILES string of the molecule is CCC(N)(CC)C(=O)N[C@H](CCC(=O)OC)C(=O)O. The number of esters is 1. The van der Waals surface area contributed by atoms with Crippen molar-refractivity contribution in [1.29, 1.82) is 0 Å². The van der Waals surface area contributed by atoms with E-state index < -0.39 is 29.4 Å². The van der Waals surface area contributed by atoms with E-state index in [9.17, 15) is 14.4 Å². The number of carbonyl (C=O) groups excluding carboxylic acids is 2. The van der Waals surface area contributed by atoms with E-state index in [2.05, 4.69) is 10.1 Å². The maximum atomic E-state index is 11.9. The minimum atomic E-state index is -1.20. The van der Waals surface area contributed by atoms with Gasteiger partial charge in [-0.15, -0.1) is 0 Å². The molecule has 0 aromatic carbocycles. The highest BCUT2D eigenvalue weighted by atomic mass is 16.5. The van der Waals surface area contributed by atoms with Crippen molar-refractivity contribution in [2.24, 2.45) is 5.73 Å². The Morgan fingerprint density at radius 1 is 1.32 bits per heavy atom. The number of carboxylic acids is 1. The third-order valence-electron chi connectivity index (χ3n) is 3.18. The molecule has 7 heteroatoms. The largest absolute Gasteiger partial charge is 0.480 e. The molecule has 7 nitrogen and oxygen atoms in total. The first-order chi connectivity index (χ1) is 8.80. The molecule has 0 aliphatic rings. The molecule has 19 heavy (non-hydrogen) atoms. The number of amides is 1. The normalized spacial score (nSPS) is 12.6. The van der Waals surface area contributed by atoms with Gasteiger partial charge in [0.2, 0.25) is 5.91 Å². The molecule has 110 valence electrons. The quantitative estimate of drug-likeness (QED) is 0.537. The molecule has 0 aromatic rings. The lowest BCUT2D eigenvalue weighted by molar-refractivity contribution is -0.144. The van der Waals surface area contributed by atoms with Crippen LogP contribution in [0.3, 0.4) is 0 Å². The van der Waals surface area contributed by atoms with Crippen molar-refractivity contribution in [3.05, 3.63) is 0 Å². The zero-order valence-electron chi connectivity index (χ0n) is 11.6. The minimum absolute atomic E-state index is 0.0305. The van der Waals surface area contributed by atoms with E-state index in [1.54, 1.807) is 13.8 Å². The monoisotopic (exact) mass is 274 g/mol. The molecule has 1 amide bonds. The number of hydrogen-bond acceptors (Lipinski definition) is 5. The van der Waals surface area contributed by atoms with Crippen LogP contribution in [0.1, 0.15) is 39.5 Å².